The third-order valence-corrected chi connectivity index (χ3v) is 2.95. The Balaban J connectivity index is 2.52. The lowest BCUT2D eigenvalue weighted by Gasteiger charge is -2.13. The summed E-state index contributed by atoms with van der Waals surface area (Å²) in [6.45, 7) is 2.08. The molecule has 3 heteroatoms. The van der Waals surface area contributed by atoms with Crippen molar-refractivity contribution < 1.29 is 0 Å². The predicted molar refractivity (Wildman–Crippen MR) is 73.7 cm³/mol. The van der Waals surface area contributed by atoms with Gasteiger partial charge < -0.3 is 4.90 Å². The third-order valence-electron chi connectivity index (χ3n) is 2.71. The number of aromatic nitrogens is 1. The van der Waals surface area contributed by atoms with Gasteiger partial charge in [0.25, 0.3) is 0 Å². The maximum atomic E-state index is 6.04. The molecule has 0 N–H and O–H groups in total. The van der Waals surface area contributed by atoms with Gasteiger partial charge in [-0.15, -0.1) is 0 Å². The number of pyridine rings is 1. The number of hydrogen-bond donors (Lipinski definition) is 0. The number of nitrogens with zero attached hydrogens (tertiary/aromatic N) is 2. The Morgan fingerprint density at radius 1 is 1.12 bits per heavy atom. The van der Waals surface area contributed by atoms with Gasteiger partial charge in [0.2, 0.25) is 0 Å². The summed E-state index contributed by atoms with van der Waals surface area (Å²) >= 11 is 6.04. The third kappa shape index (κ3) is 2.59. The zero-order valence-electron chi connectivity index (χ0n) is 10.2. The van der Waals surface area contributed by atoms with Crippen LogP contribution < -0.4 is 4.90 Å². The average Bonchev–Trinajstić information content (AvgIpc) is 2.32. The van der Waals surface area contributed by atoms with Crippen LogP contribution in [-0.2, 0) is 0 Å². The van der Waals surface area contributed by atoms with E-state index < -0.39 is 0 Å². The Labute approximate surface area is 107 Å². The van der Waals surface area contributed by atoms with Crippen LogP contribution in [-0.4, -0.2) is 19.1 Å². The van der Waals surface area contributed by atoms with Crippen LogP contribution >= 0.6 is 11.6 Å². The van der Waals surface area contributed by atoms with Crippen LogP contribution in [0.15, 0.2) is 36.5 Å². The van der Waals surface area contributed by atoms with E-state index in [4.69, 9.17) is 11.6 Å². The van der Waals surface area contributed by atoms with E-state index in [1.54, 1.807) is 0 Å². The minimum atomic E-state index is 0.758. The van der Waals surface area contributed by atoms with Gasteiger partial charge >= 0.3 is 0 Å². The van der Waals surface area contributed by atoms with E-state index in [2.05, 4.69) is 18.0 Å². The topological polar surface area (TPSA) is 16.1 Å². The molecule has 0 aliphatic carbocycles. The summed E-state index contributed by atoms with van der Waals surface area (Å²) in [5, 5.41) is 0.758. The van der Waals surface area contributed by atoms with Gasteiger partial charge in [0.15, 0.2) is 0 Å². The first-order valence-corrected chi connectivity index (χ1v) is 5.85. The molecule has 1 heterocycles. The molecule has 2 rings (SSSR count). The highest BCUT2D eigenvalue weighted by Crippen LogP contribution is 2.27. The molecular formula is C14H15ClN2. The fraction of sp³-hybridized carbons (Fsp3) is 0.214. The van der Waals surface area contributed by atoms with E-state index in [0.717, 1.165) is 22.0 Å². The second kappa shape index (κ2) is 4.76. The van der Waals surface area contributed by atoms with Crippen LogP contribution in [0.5, 0.6) is 0 Å². The molecule has 88 valence electrons. The Kier molecular flexibility index (Phi) is 3.34. The highest BCUT2D eigenvalue weighted by molar-refractivity contribution is 6.30. The molecule has 2 nitrogen and oxygen atoms in total. The Morgan fingerprint density at radius 3 is 2.59 bits per heavy atom. The lowest BCUT2D eigenvalue weighted by molar-refractivity contribution is 1.07. The van der Waals surface area contributed by atoms with Crippen LogP contribution in [0.4, 0.5) is 5.82 Å². The Hall–Kier alpha value is -1.54. The van der Waals surface area contributed by atoms with E-state index >= 15 is 0 Å². The summed E-state index contributed by atoms with van der Waals surface area (Å²) in [6.07, 6.45) is 1.82. The molecule has 0 fully saturated rings. The molecule has 0 aliphatic rings. The molecule has 2 aromatic rings. The summed E-state index contributed by atoms with van der Waals surface area (Å²) in [5.41, 5.74) is 3.51. The lowest BCUT2D eigenvalue weighted by atomic mass is 10.0. The van der Waals surface area contributed by atoms with Gasteiger partial charge in [-0.1, -0.05) is 17.7 Å². The highest BCUT2D eigenvalue weighted by Gasteiger charge is 2.05. The van der Waals surface area contributed by atoms with E-state index in [9.17, 15) is 0 Å². The molecule has 1 aromatic heterocycles. The summed E-state index contributed by atoms with van der Waals surface area (Å²) < 4.78 is 0. The molecule has 0 bridgehead atoms. The van der Waals surface area contributed by atoms with E-state index in [-0.39, 0.29) is 0 Å². The summed E-state index contributed by atoms with van der Waals surface area (Å²) in [5.74, 6) is 0.946. The molecule has 1 aromatic carbocycles. The molecule has 17 heavy (non-hydrogen) atoms. The van der Waals surface area contributed by atoms with Crippen LogP contribution in [0.2, 0.25) is 5.02 Å². The number of rotatable bonds is 2. The van der Waals surface area contributed by atoms with Crippen molar-refractivity contribution in [3.63, 3.8) is 0 Å². The Morgan fingerprint density at radius 2 is 1.88 bits per heavy atom. The molecule has 0 saturated carbocycles. The molecule has 0 aliphatic heterocycles. The Bertz CT molecular complexity index is 535. The molecule has 0 amide bonds. The SMILES string of the molecule is Cc1ccc(Cl)cc1-c1ccnc(N(C)C)c1. The largest absolute Gasteiger partial charge is 0.363 e. The zero-order chi connectivity index (χ0) is 12.4. The van der Waals surface area contributed by atoms with Gasteiger partial charge in [-0.05, 0) is 47.9 Å². The van der Waals surface area contributed by atoms with Crippen molar-refractivity contribution in [2.75, 3.05) is 19.0 Å². The molecule has 0 unspecified atom stereocenters. The van der Waals surface area contributed by atoms with Crippen molar-refractivity contribution in [3.05, 3.63) is 47.1 Å². The minimum Gasteiger partial charge on any atom is -0.363 e. The number of anilines is 1. The van der Waals surface area contributed by atoms with Gasteiger partial charge in [-0.25, -0.2) is 4.98 Å². The molecule has 0 spiro atoms. The summed E-state index contributed by atoms with van der Waals surface area (Å²) in [4.78, 5) is 6.30. The molecule has 0 saturated heterocycles. The standard InChI is InChI=1S/C14H15ClN2/c1-10-4-5-12(15)9-13(10)11-6-7-16-14(8-11)17(2)3/h4-9H,1-3H3. The molecule has 0 radical (unpaired) electrons. The summed E-state index contributed by atoms with van der Waals surface area (Å²) in [6, 6.07) is 10.0. The van der Waals surface area contributed by atoms with Crippen molar-refractivity contribution in [2.45, 2.75) is 6.92 Å². The van der Waals surface area contributed by atoms with Crippen LogP contribution in [0, 0.1) is 6.92 Å². The number of hydrogen-bond acceptors (Lipinski definition) is 2. The van der Waals surface area contributed by atoms with E-state index in [0.29, 0.717) is 0 Å². The summed E-state index contributed by atoms with van der Waals surface area (Å²) in [7, 11) is 3.97. The maximum absolute atomic E-state index is 6.04. The van der Waals surface area contributed by atoms with Crippen molar-refractivity contribution >= 4 is 17.4 Å². The van der Waals surface area contributed by atoms with Gasteiger partial charge in [0, 0.05) is 25.3 Å². The first-order valence-electron chi connectivity index (χ1n) is 5.48. The monoisotopic (exact) mass is 246 g/mol. The zero-order valence-corrected chi connectivity index (χ0v) is 11.0. The second-order valence-electron chi connectivity index (χ2n) is 4.26. The number of aryl methyl sites for hydroxylation is 1. The quantitative estimate of drug-likeness (QED) is 0.802. The fourth-order valence-corrected chi connectivity index (χ4v) is 1.91. The van der Waals surface area contributed by atoms with Crippen LogP contribution in [0.25, 0.3) is 11.1 Å². The van der Waals surface area contributed by atoms with Gasteiger partial charge in [-0.3, -0.25) is 0 Å². The number of benzene rings is 1. The normalized spacial score (nSPS) is 10.4. The minimum absolute atomic E-state index is 0.758. The molecule has 0 atom stereocenters. The van der Waals surface area contributed by atoms with Crippen LogP contribution in [0.3, 0.4) is 0 Å². The highest BCUT2D eigenvalue weighted by atomic mass is 35.5. The van der Waals surface area contributed by atoms with E-state index in [1.165, 1.54) is 5.56 Å². The maximum Gasteiger partial charge on any atom is 0.128 e. The second-order valence-corrected chi connectivity index (χ2v) is 4.69. The predicted octanol–water partition coefficient (Wildman–Crippen LogP) is 3.78. The van der Waals surface area contributed by atoms with Gasteiger partial charge in [0.1, 0.15) is 5.82 Å². The lowest BCUT2D eigenvalue weighted by Crippen LogP contribution is -2.10. The smallest absolute Gasteiger partial charge is 0.128 e. The first kappa shape index (κ1) is 11.9. The van der Waals surface area contributed by atoms with Crippen molar-refractivity contribution in [1.29, 1.82) is 0 Å². The van der Waals surface area contributed by atoms with Crippen molar-refractivity contribution in [2.24, 2.45) is 0 Å². The van der Waals surface area contributed by atoms with Crippen molar-refractivity contribution in [1.82, 2.24) is 4.98 Å². The van der Waals surface area contributed by atoms with E-state index in [1.807, 2.05) is 49.5 Å². The first-order chi connectivity index (χ1) is 8.08. The van der Waals surface area contributed by atoms with Gasteiger partial charge in [0.05, 0.1) is 0 Å². The van der Waals surface area contributed by atoms with Crippen molar-refractivity contribution in [3.8, 4) is 11.1 Å². The molecular weight excluding hydrogens is 232 g/mol. The van der Waals surface area contributed by atoms with Crippen LogP contribution in [0.1, 0.15) is 5.56 Å². The number of halogens is 1. The van der Waals surface area contributed by atoms with Gasteiger partial charge in [-0.2, -0.15) is 0 Å². The average molecular weight is 247 g/mol. The fourth-order valence-electron chi connectivity index (χ4n) is 1.74.